The van der Waals surface area contributed by atoms with Crippen molar-refractivity contribution in [2.75, 3.05) is 16.4 Å². The Balaban J connectivity index is 1.64. The Labute approximate surface area is 160 Å². The van der Waals surface area contributed by atoms with E-state index in [0.717, 1.165) is 21.9 Å². The average molecular weight is 384 g/mol. The number of benzene rings is 2. The van der Waals surface area contributed by atoms with Crippen molar-refractivity contribution in [3.8, 4) is 0 Å². The molecular weight excluding hydrogens is 366 g/mol. The maximum Gasteiger partial charge on any atom is 0.238 e. The number of anilines is 1. The summed E-state index contributed by atoms with van der Waals surface area (Å²) in [6.07, 6.45) is 0. The molecule has 0 saturated carbocycles. The van der Waals surface area contributed by atoms with Gasteiger partial charge in [0.2, 0.25) is 11.1 Å². The van der Waals surface area contributed by atoms with Crippen LogP contribution < -0.4 is 4.90 Å². The van der Waals surface area contributed by atoms with Crippen LogP contribution >= 0.6 is 23.5 Å². The van der Waals surface area contributed by atoms with E-state index >= 15 is 0 Å². The van der Waals surface area contributed by atoms with Crippen LogP contribution in [0.1, 0.15) is 11.6 Å². The van der Waals surface area contributed by atoms with Crippen molar-refractivity contribution < 1.29 is 4.79 Å². The van der Waals surface area contributed by atoms with Gasteiger partial charge in [-0.1, -0.05) is 54.2 Å². The molecule has 3 aromatic rings. The third-order valence-corrected chi connectivity index (χ3v) is 6.33. The molecule has 4 rings (SSSR count). The molecule has 2 heterocycles. The van der Waals surface area contributed by atoms with E-state index in [4.69, 9.17) is 0 Å². The Morgan fingerprint density at radius 1 is 1.19 bits per heavy atom. The molecule has 0 bridgehead atoms. The Hall–Kier alpha value is -2.32. The van der Waals surface area contributed by atoms with E-state index in [0.29, 0.717) is 5.16 Å². The fraction of sp³-hybridized carbons (Fsp3) is 0.222. The van der Waals surface area contributed by atoms with E-state index in [-0.39, 0.29) is 17.7 Å². The third-order valence-electron chi connectivity index (χ3n) is 4.19. The van der Waals surface area contributed by atoms with Gasteiger partial charge in [-0.3, -0.25) is 4.79 Å². The van der Waals surface area contributed by atoms with Crippen molar-refractivity contribution in [2.24, 2.45) is 7.05 Å². The van der Waals surface area contributed by atoms with Crippen molar-refractivity contribution in [1.82, 2.24) is 20.2 Å². The van der Waals surface area contributed by atoms with E-state index in [1.165, 1.54) is 11.8 Å². The number of carbonyl (C=O) groups is 1. The normalized spacial score (nSPS) is 16.3. The van der Waals surface area contributed by atoms with Crippen molar-refractivity contribution in [1.29, 1.82) is 0 Å². The van der Waals surface area contributed by atoms with Gasteiger partial charge >= 0.3 is 0 Å². The van der Waals surface area contributed by atoms with Gasteiger partial charge in [0.05, 0.1) is 17.5 Å². The van der Waals surface area contributed by atoms with Gasteiger partial charge in [0.1, 0.15) is 0 Å². The minimum Gasteiger partial charge on any atom is -0.302 e. The van der Waals surface area contributed by atoms with Gasteiger partial charge in [-0.25, -0.2) is 4.68 Å². The van der Waals surface area contributed by atoms with Crippen molar-refractivity contribution >= 4 is 35.1 Å². The van der Waals surface area contributed by atoms with E-state index in [1.807, 2.05) is 41.3 Å². The largest absolute Gasteiger partial charge is 0.302 e. The zero-order valence-corrected chi connectivity index (χ0v) is 15.8. The van der Waals surface area contributed by atoms with Gasteiger partial charge in [-0.2, -0.15) is 0 Å². The summed E-state index contributed by atoms with van der Waals surface area (Å²) in [7, 11) is 1.77. The summed E-state index contributed by atoms with van der Waals surface area (Å²) in [6, 6.07) is 18.3. The fourth-order valence-electron chi connectivity index (χ4n) is 2.96. The van der Waals surface area contributed by atoms with Crippen LogP contribution in [0.25, 0.3) is 0 Å². The number of rotatable bonds is 4. The van der Waals surface area contributed by atoms with Gasteiger partial charge in [-0.05, 0) is 28.1 Å². The Kier molecular flexibility index (Phi) is 4.94. The standard InChI is InChI=1S/C18H17N5OS2/c1-22-18(19-20-21-22)26-12-17(24)23-14-9-5-6-10-16(14)25-11-15(23)13-7-3-2-4-8-13/h2-10,15H,11-12H2,1H3/t15-/m0/s1. The summed E-state index contributed by atoms with van der Waals surface area (Å²) in [4.78, 5) is 16.2. The number of amides is 1. The van der Waals surface area contributed by atoms with Gasteiger partial charge in [-0.15, -0.1) is 16.9 Å². The first kappa shape index (κ1) is 17.1. The van der Waals surface area contributed by atoms with Crippen LogP contribution in [0.2, 0.25) is 0 Å². The number of aromatic nitrogens is 4. The lowest BCUT2D eigenvalue weighted by molar-refractivity contribution is -0.116. The minimum atomic E-state index is 0.0156. The molecule has 1 aliphatic heterocycles. The molecule has 8 heteroatoms. The first-order valence-electron chi connectivity index (χ1n) is 8.18. The second-order valence-electron chi connectivity index (χ2n) is 5.84. The Morgan fingerprint density at radius 3 is 2.73 bits per heavy atom. The third kappa shape index (κ3) is 3.34. The predicted molar refractivity (Wildman–Crippen MR) is 103 cm³/mol. The van der Waals surface area contributed by atoms with Crippen LogP contribution in [-0.4, -0.2) is 37.6 Å². The van der Waals surface area contributed by atoms with Crippen LogP contribution in [0.4, 0.5) is 5.69 Å². The monoisotopic (exact) mass is 383 g/mol. The highest BCUT2D eigenvalue weighted by atomic mass is 32.2. The number of aryl methyl sites for hydroxylation is 1. The molecule has 0 aliphatic carbocycles. The molecule has 1 amide bonds. The van der Waals surface area contributed by atoms with Crippen LogP contribution in [0, 0.1) is 0 Å². The molecule has 0 unspecified atom stereocenters. The lowest BCUT2D eigenvalue weighted by atomic mass is 10.1. The lowest BCUT2D eigenvalue weighted by Gasteiger charge is -2.37. The SMILES string of the molecule is Cn1nnnc1SCC(=O)N1c2ccccc2SC[C@H]1c1ccccc1. The van der Waals surface area contributed by atoms with Gasteiger partial charge < -0.3 is 4.90 Å². The van der Waals surface area contributed by atoms with Gasteiger partial charge in [0.15, 0.2) is 0 Å². The van der Waals surface area contributed by atoms with Crippen LogP contribution in [0.15, 0.2) is 64.6 Å². The topological polar surface area (TPSA) is 63.9 Å². The second-order valence-corrected chi connectivity index (χ2v) is 7.85. The molecule has 2 aromatic carbocycles. The lowest BCUT2D eigenvalue weighted by Crippen LogP contribution is -2.39. The summed E-state index contributed by atoms with van der Waals surface area (Å²) < 4.78 is 1.58. The molecule has 6 nitrogen and oxygen atoms in total. The Morgan fingerprint density at radius 2 is 1.96 bits per heavy atom. The van der Waals surface area contributed by atoms with E-state index in [2.05, 4.69) is 33.7 Å². The summed E-state index contributed by atoms with van der Waals surface area (Å²) in [5.41, 5.74) is 2.12. The highest BCUT2D eigenvalue weighted by Crippen LogP contribution is 2.43. The second kappa shape index (κ2) is 7.51. The van der Waals surface area contributed by atoms with Crippen LogP contribution in [0.5, 0.6) is 0 Å². The van der Waals surface area contributed by atoms with E-state index in [9.17, 15) is 4.79 Å². The van der Waals surface area contributed by atoms with E-state index < -0.39 is 0 Å². The van der Waals surface area contributed by atoms with Gasteiger partial charge in [0, 0.05) is 17.7 Å². The van der Waals surface area contributed by atoms with E-state index in [1.54, 1.807) is 23.5 Å². The molecule has 0 saturated heterocycles. The summed E-state index contributed by atoms with van der Waals surface area (Å²) in [5.74, 6) is 1.18. The maximum atomic E-state index is 13.2. The van der Waals surface area contributed by atoms with Crippen LogP contribution in [0.3, 0.4) is 0 Å². The van der Waals surface area contributed by atoms with Crippen molar-refractivity contribution in [3.05, 3.63) is 60.2 Å². The number of thioether (sulfide) groups is 2. The first-order valence-corrected chi connectivity index (χ1v) is 10.1. The fourth-order valence-corrected chi connectivity index (χ4v) is 4.83. The molecule has 0 spiro atoms. The average Bonchev–Trinajstić information content (AvgIpc) is 3.10. The number of carbonyl (C=O) groups excluding carboxylic acids is 1. The number of nitrogens with zero attached hydrogens (tertiary/aromatic N) is 5. The van der Waals surface area contributed by atoms with Crippen molar-refractivity contribution in [3.63, 3.8) is 0 Å². The smallest absolute Gasteiger partial charge is 0.238 e. The summed E-state index contributed by atoms with van der Waals surface area (Å²) in [5, 5.41) is 12.0. The number of hydrogen-bond donors (Lipinski definition) is 0. The molecule has 132 valence electrons. The van der Waals surface area contributed by atoms with Crippen LogP contribution in [-0.2, 0) is 11.8 Å². The quantitative estimate of drug-likeness (QED) is 0.645. The predicted octanol–water partition coefficient (Wildman–Crippen LogP) is 3.18. The Bertz CT molecular complexity index is 915. The zero-order chi connectivity index (χ0) is 17.9. The molecule has 1 aliphatic rings. The molecule has 1 atom stereocenters. The number of para-hydroxylation sites is 1. The summed E-state index contributed by atoms with van der Waals surface area (Å²) in [6.45, 7) is 0. The van der Waals surface area contributed by atoms with Crippen molar-refractivity contribution in [2.45, 2.75) is 16.1 Å². The number of tetrazole rings is 1. The highest BCUT2D eigenvalue weighted by Gasteiger charge is 2.32. The number of hydrogen-bond acceptors (Lipinski definition) is 6. The number of fused-ring (bicyclic) bond motifs is 1. The molecule has 0 fully saturated rings. The molecule has 1 aromatic heterocycles. The first-order chi connectivity index (χ1) is 12.7. The minimum absolute atomic E-state index is 0.0156. The molecular formula is C18H17N5OS2. The molecule has 26 heavy (non-hydrogen) atoms. The summed E-state index contributed by atoms with van der Waals surface area (Å²) >= 11 is 3.15. The molecule has 0 radical (unpaired) electrons. The zero-order valence-electron chi connectivity index (χ0n) is 14.1. The maximum absolute atomic E-state index is 13.2. The highest BCUT2D eigenvalue weighted by molar-refractivity contribution is 8.00. The molecule has 0 N–H and O–H groups in total. The van der Waals surface area contributed by atoms with Gasteiger partial charge in [0.25, 0.3) is 0 Å².